The zero-order valence-electron chi connectivity index (χ0n) is 8.50. The van der Waals surface area contributed by atoms with Crippen molar-refractivity contribution in [1.82, 2.24) is 4.98 Å². The molecule has 0 aliphatic rings. The van der Waals surface area contributed by atoms with Gasteiger partial charge in [-0.05, 0) is 25.5 Å². The molecule has 0 amide bonds. The van der Waals surface area contributed by atoms with Gasteiger partial charge in [-0.15, -0.1) is 0 Å². The molecular weight excluding hydrogens is 181 g/mol. The number of hydrogen-bond donors (Lipinski definition) is 2. The molecule has 1 rings (SSSR count). The molecule has 0 saturated heterocycles. The molecule has 1 heterocycles. The van der Waals surface area contributed by atoms with Gasteiger partial charge in [0.1, 0.15) is 12.0 Å². The van der Waals surface area contributed by atoms with Gasteiger partial charge in [-0.1, -0.05) is 6.07 Å². The number of anilines is 1. The summed E-state index contributed by atoms with van der Waals surface area (Å²) >= 11 is 0. The van der Waals surface area contributed by atoms with Gasteiger partial charge in [0.15, 0.2) is 0 Å². The van der Waals surface area contributed by atoms with Gasteiger partial charge in [-0.3, -0.25) is 0 Å². The lowest BCUT2D eigenvalue weighted by Crippen LogP contribution is -2.43. The SMILES string of the molecule is CC(C)(N)C(F)Cc1cccnc1N. The maximum atomic E-state index is 13.6. The van der Waals surface area contributed by atoms with Gasteiger partial charge < -0.3 is 11.5 Å². The third kappa shape index (κ3) is 2.67. The van der Waals surface area contributed by atoms with E-state index in [-0.39, 0.29) is 6.42 Å². The molecule has 1 aromatic heterocycles. The Balaban J connectivity index is 2.75. The van der Waals surface area contributed by atoms with Gasteiger partial charge in [0.05, 0.1) is 0 Å². The molecule has 3 nitrogen and oxygen atoms in total. The summed E-state index contributed by atoms with van der Waals surface area (Å²) in [5.74, 6) is 0.374. The van der Waals surface area contributed by atoms with Crippen molar-refractivity contribution in [3.05, 3.63) is 23.9 Å². The Morgan fingerprint density at radius 2 is 2.21 bits per heavy atom. The Morgan fingerprint density at radius 3 is 2.71 bits per heavy atom. The van der Waals surface area contributed by atoms with Crippen molar-refractivity contribution in [2.75, 3.05) is 5.73 Å². The van der Waals surface area contributed by atoms with Crippen LogP contribution in [0.4, 0.5) is 10.2 Å². The maximum absolute atomic E-state index is 13.6. The largest absolute Gasteiger partial charge is 0.383 e. The van der Waals surface area contributed by atoms with Crippen LogP contribution in [0.15, 0.2) is 18.3 Å². The fraction of sp³-hybridized carbons (Fsp3) is 0.500. The van der Waals surface area contributed by atoms with E-state index in [1.807, 2.05) is 0 Å². The second-order valence-electron chi connectivity index (χ2n) is 4.04. The summed E-state index contributed by atoms with van der Waals surface area (Å²) in [4.78, 5) is 3.88. The van der Waals surface area contributed by atoms with Crippen LogP contribution >= 0.6 is 0 Å². The molecule has 0 radical (unpaired) electrons. The highest BCUT2D eigenvalue weighted by molar-refractivity contribution is 5.39. The summed E-state index contributed by atoms with van der Waals surface area (Å²) in [5.41, 5.74) is 11.1. The lowest BCUT2D eigenvalue weighted by molar-refractivity contribution is 0.218. The highest BCUT2D eigenvalue weighted by atomic mass is 19.1. The highest BCUT2D eigenvalue weighted by Crippen LogP contribution is 2.18. The predicted octanol–water partition coefficient (Wildman–Crippen LogP) is 1.28. The van der Waals surface area contributed by atoms with Gasteiger partial charge in [0.2, 0.25) is 0 Å². The van der Waals surface area contributed by atoms with Crippen LogP contribution in [0.1, 0.15) is 19.4 Å². The number of nitrogen functional groups attached to an aromatic ring is 1. The molecule has 78 valence electrons. The van der Waals surface area contributed by atoms with E-state index < -0.39 is 11.7 Å². The zero-order chi connectivity index (χ0) is 10.8. The standard InChI is InChI=1S/C10H16FN3/c1-10(2,13)8(11)6-7-4-3-5-14-9(7)12/h3-5,8H,6,13H2,1-2H3,(H2,12,14). The van der Waals surface area contributed by atoms with E-state index in [1.165, 1.54) is 0 Å². The van der Waals surface area contributed by atoms with E-state index in [0.717, 1.165) is 0 Å². The van der Waals surface area contributed by atoms with E-state index >= 15 is 0 Å². The van der Waals surface area contributed by atoms with Crippen LogP contribution in [0.3, 0.4) is 0 Å². The van der Waals surface area contributed by atoms with Gasteiger partial charge in [0.25, 0.3) is 0 Å². The number of hydrogen-bond acceptors (Lipinski definition) is 3. The van der Waals surface area contributed by atoms with Crippen molar-refractivity contribution in [2.24, 2.45) is 5.73 Å². The van der Waals surface area contributed by atoms with Crippen LogP contribution in [0.25, 0.3) is 0 Å². The molecule has 4 N–H and O–H groups in total. The smallest absolute Gasteiger partial charge is 0.126 e. The fourth-order valence-corrected chi connectivity index (χ4v) is 1.08. The molecule has 4 heteroatoms. The maximum Gasteiger partial charge on any atom is 0.126 e. The third-order valence-electron chi connectivity index (χ3n) is 2.13. The first kappa shape index (κ1) is 10.9. The van der Waals surface area contributed by atoms with Crippen LogP contribution in [0.5, 0.6) is 0 Å². The zero-order valence-corrected chi connectivity index (χ0v) is 8.50. The molecule has 1 unspecified atom stereocenters. The van der Waals surface area contributed by atoms with Crippen molar-refractivity contribution < 1.29 is 4.39 Å². The molecule has 0 bridgehead atoms. The average Bonchev–Trinajstić information content (AvgIpc) is 2.07. The molecule has 14 heavy (non-hydrogen) atoms. The molecule has 0 spiro atoms. The minimum absolute atomic E-state index is 0.211. The van der Waals surface area contributed by atoms with Crippen LogP contribution in [-0.2, 0) is 6.42 Å². The Morgan fingerprint density at radius 1 is 1.57 bits per heavy atom. The predicted molar refractivity (Wildman–Crippen MR) is 55.5 cm³/mol. The van der Waals surface area contributed by atoms with Crippen LogP contribution in [0.2, 0.25) is 0 Å². The normalized spacial score (nSPS) is 14.0. The van der Waals surface area contributed by atoms with Crippen molar-refractivity contribution in [1.29, 1.82) is 0 Å². The molecule has 0 aliphatic carbocycles. The topological polar surface area (TPSA) is 64.9 Å². The quantitative estimate of drug-likeness (QED) is 0.767. The molecule has 0 aliphatic heterocycles. The fourth-order valence-electron chi connectivity index (χ4n) is 1.08. The first-order valence-corrected chi connectivity index (χ1v) is 4.53. The second kappa shape index (κ2) is 3.92. The lowest BCUT2D eigenvalue weighted by atomic mass is 9.94. The Bertz CT molecular complexity index is 306. The minimum atomic E-state index is -1.12. The number of nitrogens with zero attached hydrogens (tertiary/aromatic N) is 1. The summed E-state index contributed by atoms with van der Waals surface area (Å²) in [6.07, 6.45) is 0.678. The van der Waals surface area contributed by atoms with Crippen molar-refractivity contribution in [3.63, 3.8) is 0 Å². The van der Waals surface area contributed by atoms with Gasteiger partial charge in [-0.25, -0.2) is 9.37 Å². The number of rotatable bonds is 3. The lowest BCUT2D eigenvalue weighted by Gasteiger charge is -2.23. The van der Waals surface area contributed by atoms with E-state index in [9.17, 15) is 4.39 Å². The molecule has 1 atom stereocenters. The summed E-state index contributed by atoms with van der Waals surface area (Å²) in [5, 5.41) is 0. The van der Waals surface area contributed by atoms with Gasteiger partial charge in [0, 0.05) is 18.2 Å². The summed E-state index contributed by atoms with van der Waals surface area (Å²) in [6, 6.07) is 3.50. The summed E-state index contributed by atoms with van der Waals surface area (Å²) < 4.78 is 13.6. The van der Waals surface area contributed by atoms with Crippen LogP contribution in [-0.4, -0.2) is 16.7 Å². The highest BCUT2D eigenvalue weighted by Gasteiger charge is 2.25. The van der Waals surface area contributed by atoms with Gasteiger partial charge in [-0.2, -0.15) is 0 Å². The Labute approximate surface area is 83.3 Å². The van der Waals surface area contributed by atoms with Crippen LogP contribution < -0.4 is 11.5 Å². The molecular formula is C10H16FN3. The number of halogens is 1. The Kier molecular flexibility index (Phi) is 3.06. The molecule has 0 aromatic carbocycles. The van der Waals surface area contributed by atoms with Gasteiger partial charge >= 0.3 is 0 Å². The van der Waals surface area contributed by atoms with E-state index in [0.29, 0.717) is 11.4 Å². The molecule has 0 saturated carbocycles. The molecule has 1 aromatic rings. The summed E-state index contributed by atoms with van der Waals surface area (Å²) in [7, 11) is 0. The minimum Gasteiger partial charge on any atom is -0.383 e. The number of nitrogens with two attached hydrogens (primary N) is 2. The average molecular weight is 197 g/mol. The van der Waals surface area contributed by atoms with Crippen molar-refractivity contribution in [2.45, 2.75) is 32.0 Å². The first-order chi connectivity index (χ1) is 6.41. The van der Waals surface area contributed by atoms with E-state index in [4.69, 9.17) is 11.5 Å². The second-order valence-corrected chi connectivity index (χ2v) is 4.04. The third-order valence-corrected chi connectivity index (χ3v) is 2.13. The summed E-state index contributed by atoms with van der Waals surface area (Å²) in [6.45, 7) is 3.31. The molecule has 0 fully saturated rings. The monoisotopic (exact) mass is 197 g/mol. The van der Waals surface area contributed by atoms with E-state index in [1.54, 1.807) is 32.2 Å². The van der Waals surface area contributed by atoms with Crippen LogP contribution in [0, 0.1) is 0 Å². The first-order valence-electron chi connectivity index (χ1n) is 4.53. The number of pyridine rings is 1. The number of aromatic nitrogens is 1. The van der Waals surface area contributed by atoms with E-state index in [2.05, 4.69) is 4.98 Å². The number of alkyl halides is 1. The Hall–Kier alpha value is -1.16. The van der Waals surface area contributed by atoms with Crippen molar-refractivity contribution in [3.8, 4) is 0 Å². The van der Waals surface area contributed by atoms with Crippen molar-refractivity contribution >= 4 is 5.82 Å².